The molecule has 0 bridgehead atoms. The number of urea groups is 1. The van der Waals surface area contributed by atoms with Gasteiger partial charge in [0, 0.05) is 27.1 Å². The second-order valence-corrected chi connectivity index (χ2v) is 9.33. The molecular weight excluding hydrogens is 443 g/mol. The SMILES string of the molecule is CC1(C)CN=C(N(C(=O)Nc2ccc(Cl)cc2)c2ccc(OC(F)(F)Cl)cc2)S1. The van der Waals surface area contributed by atoms with E-state index in [0.29, 0.717) is 28.1 Å². The number of amidine groups is 1. The maximum Gasteiger partial charge on any atom is 0.487 e. The van der Waals surface area contributed by atoms with Crippen LogP contribution in [-0.2, 0) is 0 Å². The van der Waals surface area contributed by atoms with Gasteiger partial charge in [0.1, 0.15) is 5.75 Å². The van der Waals surface area contributed by atoms with Gasteiger partial charge in [-0.05, 0) is 62.4 Å². The van der Waals surface area contributed by atoms with Gasteiger partial charge < -0.3 is 10.1 Å². The van der Waals surface area contributed by atoms with Gasteiger partial charge in [0.15, 0.2) is 5.17 Å². The Morgan fingerprint density at radius 2 is 1.83 bits per heavy atom. The molecule has 0 atom stereocenters. The molecule has 154 valence electrons. The van der Waals surface area contributed by atoms with Crippen LogP contribution in [-0.4, -0.2) is 28.1 Å². The van der Waals surface area contributed by atoms with Crippen molar-refractivity contribution in [2.24, 2.45) is 4.99 Å². The number of alkyl halides is 3. The average molecular weight is 460 g/mol. The van der Waals surface area contributed by atoms with Gasteiger partial charge in [-0.1, -0.05) is 23.4 Å². The lowest BCUT2D eigenvalue weighted by Crippen LogP contribution is -2.38. The summed E-state index contributed by atoms with van der Waals surface area (Å²) in [6.07, 6.45) is 0. The first kappa shape index (κ1) is 21.7. The number of amides is 2. The molecule has 3 rings (SSSR count). The minimum atomic E-state index is -3.82. The Morgan fingerprint density at radius 3 is 2.34 bits per heavy atom. The second-order valence-electron chi connectivity index (χ2n) is 6.77. The van der Waals surface area contributed by atoms with Crippen molar-refractivity contribution in [2.45, 2.75) is 24.2 Å². The third-order valence-corrected chi connectivity index (χ3v) is 5.29. The van der Waals surface area contributed by atoms with Crippen molar-refractivity contribution in [3.05, 3.63) is 53.6 Å². The number of aliphatic imine (C=N–C) groups is 1. The molecule has 0 aliphatic carbocycles. The summed E-state index contributed by atoms with van der Waals surface area (Å²) in [6.45, 7) is 4.57. The highest BCUT2D eigenvalue weighted by molar-refractivity contribution is 8.15. The van der Waals surface area contributed by atoms with Gasteiger partial charge in [0.25, 0.3) is 0 Å². The number of ether oxygens (including phenoxy) is 1. The van der Waals surface area contributed by atoms with Crippen LogP contribution >= 0.6 is 35.0 Å². The van der Waals surface area contributed by atoms with Crippen LogP contribution in [0.5, 0.6) is 5.75 Å². The molecule has 0 fully saturated rings. The highest BCUT2D eigenvalue weighted by Gasteiger charge is 2.34. The molecule has 1 aliphatic heterocycles. The van der Waals surface area contributed by atoms with Gasteiger partial charge in [-0.15, -0.1) is 8.78 Å². The molecular formula is C19H17Cl2F2N3O2S. The zero-order valence-corrected chi connectivity index (χ0v) is 17.8. The van der Waals surface area contributed by atoms with Crippen molar-refractivity contribution in [1.82, 2.24) is 0 Å². The van der Waals surface area contributed by atoms with Crippen LogP contribution in [0.4, 0.5) is 25.0 Å². The summed E-state index contributed by atoms with van der Waals surface area (Å²) < 4.78 is 29.8. The second kappa shape index (κ2) is 8.38. The number of benzene rings is 2. The third kappa shape index (κ3) is 5.98. The van der Waals surface area contributed by atoms with Crippen LogP contribution in [0.1, 0.15) is 13.8 Å². The van der Waals surface area contributed by atoms with Crippen LogP contribution in [0.25, 0.3) is 0 Å². The van der Waals surface area contributed by atoms with E-state index in [1.165, 1.54) is 40.9 Å². The van der Waals surface area contributed by atoms with Crippen LogP contribution < -0.4 is 15.0 Å². The minimum absolute atomic E-state index is 0.131. The molecule has 2 aromatic carbocycles. The van der Waals surface area contributed by atoms with Gasteiger partial charge >= 0.3 is 11.6 Å². The number of halogens is 4. The molecule has 0 spiro atoms. The Labute approximate surface area is 181 Å². The maximum absolute atomic E-state index is 13.0. The highest BCUT2D eigenvalue weighted by Crippen LogP contribution is 2.36. The molecule has 29 heavy (non-hydrogen) atoms. The standard InChI is InChI=1S/C19H17Cl2F2N3O2S/c1-18(2)11-24-17(29-18)26(16(27)25-13-5-3-12(20)4-6-13)14-7-9-15(10-8-14)28-19(21,22)23/h3-10H,11H2,1-2H3,(H,25,27). The topological polar surface area (TPSA) is 53.9 Å². The van der Waals surface area contributed by atoms with Gasteiger partial charge in [0.05, 0.1) is 12.2 Å². The first-order valence-corrected chi connectivity index (χ1v) is 10.1. The lowest BCUT2D eigenvalue weighted by atomic mass is 10.2. The molecule has 5 nitrogen and oxygen atoms in total. The molecule has 1 N–H and O–H groups in total. The van der Waals surface area contributed by atoms with E-state index in [-0.39, 0.29) is 10.5 Å². The van der Waals surface area contributed by atoms with E-state index in [0.717, 1.165) is 0 Å². The molecule has 2 aromatic rings. The largest absolute Gasteiger partial charge is 0.487 e. The van der Waals surface area contributed by atoms with Gasteiger partial charge in [-0.3, -0.25) is 4.99 Å². The van der Waals surface area contributed by atoms with E-state index in [1.807, 2.05) is 13.8 Å². The number of rotatable bonds is 4. The predicted molar refractivity (Wildman–Crippen MR) is 115 cm³/mol. The summed E-state index contributed by atoms with van der Waals surface area (Å²) in [7, 11) is 0. The van der Waals surface area contributed by atoms with E-state index < -0.39 is 11.6 Å². The number of anilines is 2. The van der Waals surface area contributed by atoms with Crippen molar-refractivity contribution in [3.8, 4) is 5.75 Å². The molecule has 0 radical (unpaired) electrons. The smallest absolute Gasteiger partial charge is 0.420 e. The fourth-order valence-electron chi connectivity index (χ4n) is 2.51. The van der Waals surface area contributed by atoms with Crippen molar-refractivity contribution < 1.29 is 18.3 Å². The van der Waals surface area contributed by atoms with Gasteiger partial charge in [-0.25, -0.2) is 9.69 Å². The fraction of sp³-hybridized carbons (Fsp3) is 0.263. The molecule has 2 amide bonds. The predicted octanol–water partition coefficient (Wildman–Crippen LogP) is 6.43. The first-order valence-electron chi connectivity index (χ1n) is 8.48. The summed E-state index contributed by atoms with van der Waals surface area (Å²) >= 11 is 12.1. The Morgan fingerprint density at radius 1 is 1.21 bits per heavy atom. The Bertz CT molecular complexity index is 917. The number of carbonyl (C=O) groups is 1. The van der Waals surface area contributed by atoms with E-state index in [4.69, 9.17) is 23.2 Å². The summed E-state index contributed by atoms with van der Waals surface area (Å²) in [4.78, 5) is 18.9. The first-order chi connectivity index (χ1) is 13.5. The monoisotopic (exact) mass is 459 g/mol. The maximum atomic E-state index is 13.0. The van der Waals surface area contributed by atoms with E-state index >= 15 is 0 Å². The fourth-order valence-corrected chi connectivity index (χ4v) is 3.76. The van der Waals surface area contributed by atoms with Crippen LogP contribution in [0.15, 0.2) is 53.5 Å². The number of thioether (sulfide) groups is 1. The normalized spacial score (nSPS) is 15.6. The number of hydrogen-bond acceptors (Lipinski definition) is 4. The van der Waals surface area contributed by atoms with Crippen LogP contribution in [0.3, 0.4) is 0 Å². The molecule has 0 aromatic heterocycles. The molecule has 0 unspecified atom stereocenters. The van der Waals surface area contributed by atoms with Crippen molar-refractivity contribution in [3.63, 3.8) is 0 Å². The lowest BCUT2D eigenvalue weighted by Gasteiger charge is -2.24. The minimum Gasteiger partial charge on any atom is -0.420 e. The molecule has 10 heteroatoms. The summed E-state index contributed by atoms with van der Waals surface area (Å²) in [6, 6.07) is 11.8. The Hall–Kier alpha value is -2.03. The van der Waals surface area contributed by atoms with Gasteiger partial charge in [-0.2, -0.15) is 0 Å². The number of carbonyl (C=O) groups excluding carboxylic acids is 1. The number of nitrogens with zero attached hydrogens (tertiary/aromatic N) is 2. The summed E-state index contributed by atoms with van der Waals surface area (Å²) in [5.41, 5.74) is -2.83. The van der Waals surface area contributed by atoms with Crippen molar-refractivity contribution in [2.75, 3.05) is 16.8 Å². The summed E-state index contributed by atoms with van der Waals surface area (Å²) in [5, 5.41) is 3.83. The van der Waals surface area contributed by atoms with E-state index in [9.17, 15) is 13.6 Å². The highest BCUT2D eigenvalue weighted by atomic mass is 35.5. The lowest BCUT2D eigenvalue weighted by molar-refractivity contribution is -0.0964. The molecule has 0 saturated heterocycles. The van der Waals surface area contributed by atoms with E-state index in [1.54, 1.807) is 24.3 Å². The third-order valence-electron chi connectivity index (χ3n) is 3.78. The van der Waals surface area contributed by atoms with E-state index in [2.05, 4.69) is 15.0 Å². The molecule has 1 heterocycles. The van der Waals surface area contributed by atoms with Crippen LogP contribution in [0, 0.1) is 0 Å². The number of hydrogen-bond donors (Lipinski definition) is 1. The Balaban J connectivity index is 1.87. The zero-order valence-electron chi connectivity index (χ0n) is 15.5. The Kier molecular flexibility index (Phi) is 6.26. The van der Waals surface area contributed by atoms with Gasteiger partial charge in [0.2, 0.25) is 0 Å². The zero-order chi connectivity index (χ0) is 21.2. The summed E-state index contributed by atoms with van der Waals surface area (Å²) in [5.74, 6) is -0.131. The molecule has 1 aliphatic rings. The van der Waals surface area contributed by atoms with Crippen molar-refractivity contribution >= 4 is 57.5 Å². The van der Waals surface area contributed by atoms with Crippen molar-refractivity contribution in [1.29, 1.82) is 0 Å². The van der Waals surface area contributed by atoms with Crippen LogP contribution in [0.2, 0.25) is 5.02 Å². The number of nitrogens with one attached hydrogen (secondary N) is 1. The average Bonchev–Trinajstić information content (AvgIpc) is 2.97. The molecule has 0 saturated carbocycles. The quantitative estimate of drug-likeness (QED) is 0.536.